The van der Waals surface area contributed by atoms with Gasteiger partial charge >= 0.3 is 0 Å². The first kappa shape index (κ1) is 16.0. The maximum absolute atomic E-state index is 14.4. The van der Waals surface area contributed by atoms with Crippen molar-refractivity contribution in [2.75, 3.05) is 26.1 Å². The number of nitrogen functional groups attached to an aromatic ring is 1. The summed E-state index contributed by atoms with van der Waals surface area (Å²) in [4.78, 5) is 0. The van der Waals surface area contributed by atoms with E-state index in [9.17, 15) is 17.2 Å². The molecule has 0 spiro atoms. The van der Waals surface area contributed by atoms with E-state index < -0.39 is 39.4 Å². The Morgan fingerprint density at radius 3 is 2.91 bits per heavy atom. The van der Waals surface area contributed by atoms with Gasteiger partial charge in [0.15, 0.2) is 0 Å². The van der Waals surface area contributed by atoms with Gasteiger partial charge < -0.3 is 15.8 Å². The second-order valence-corrected chi connectivity index (χ2v) is 7.80. The number of sulfonamides is 1. The monoisotopic (exact) mass is 345 g/mol. The van der Waals surface area contributed by atoms with Crippen LogP contribution in [-0.4, -0.2) is 44.4 Å². The van der Waals surface area contributed by atoms with Crippen molar-refractivity contribution in [3.63, 3.8) is 0 Å². The number of fused-ring (bicyclic) bond motifs is 1. The van der Waals surface area contributed by atoms with Crippen molar-refractivity contribution >= 4 is 15.7 Å². The maximum Gasteiger partial charge on any atom is 0.244 e. The van der Waals surface area contributed by atoms with Crippen LogP contribution < -0.4 is 11.1 Å². The molecule has 2 fully saturated rings. The summed E-state index contributed by atoms with van der Waals surface area (Å²) in [6, 6.07) is 3.85. The minimum Gasteiger partial charge on any atom is -0.399 e. The van der Waals surface area contributed by atoms with Gasteiger partial charge in [0.1, 0.15) is 35.2 Å². The van der Waals surface area contributed by atoms with Crippen LogP contribution in [0.1, 0.15) is 5.56 Å². The highest BCUT2D eigenvalue weighted by Gasteiger charge is 2.62. The molecule has 1 aromatic rings. The van der Waals surface area contributed by atoms with Gasteiger partial charge in [0.25, 0.3) is 0 Å². The molecular weight excluding hydrogens is 328 g/mol. The van der Waals surface area contributed by atoms with Crippen LogP contribution in [0, 0.1) is 5.82 Å². The Balaban J connectivity index is 2.26. The summed E-state index contributed by atoms with van der Waals surface area (Å²) in [6.45, 7) is 2.45. The van der Waals surface area contributed by atoms with Crippen LogP contribution in [0.15, 0.2) is 30.6 Å². The van der Waals surface area contributed by atoms with E-state index >= 15 is 0 Å². The lowest BCUT2D eigenvalue weighted by molar-refractivity contribution is 0.0830. The van der Waals surface area contributed by atoms with E-state index in [1.165, 1.54) is 19.2 Å². The van der Waals surface area contributed by atoms with Crippen molar-refractivity contribution in [3.05, 3.63) is 42.0 Å². The van der Waals surface area contributed by atoms with E-state index in [1.54, 1.807) is 0 Å². The molecule has 6 nitrogen and oxygen atoms in total. The van der Waals surface area contributed by atoms with Gasteiger partial charge in [-0.15, -0.1) is 0 Å². The van der Waals surface area contributed by atoms with E-state index in [-0.39, 0.29) is 23.7 Å². The maximum atomic E-state index is 14.4. The minimum atomic E-state index is -3.99. The van der Waals surface area contributed by atoms with E-state index in [2.05, 4.69) is 11.9 Å². The first-order valence-electron chi connectivity index (χ1n) is 6.92. The van der Waals surface area contributed by atoms with Crippen LogP contribution in [0.4, 0.5) is 14.5 Å². The fourth-order valence-corrected chi connectivity index (χ4v) is 5.24. The molecule has 3 N–H and O–H groups in total. The van der Waals surface area contributed by atoms with Gasteiger partial charge in [-0.05, 0) is 18.2 Å². The molecule has 0 unspecified atom stereocenters. The Morgan fingerprint density at radius 2 is 2.26 bits per heavy atom. The highest BCUT2D eigenvalue weighted by atomic mass is 32.2. The lowest BCUT2D eigenvalue weighted by atomic mass is 9.86. The third kappa shape index (κ3) is 2.10. The number of nitrogens with two attached hydrogens (primary N) is 1. The van der Waals surface area contributed by atoms with E-state index in [0.717, 1.165) is 10.4 Å². The Morgan fingerprint density at radius 1 is 1.57 bits per heavy atom. The Bertz CT molecular complexity index is 771. The molecule has 23 heavy (non-hydrogen) atoms. The lowest BCUT2D eigenvalue weighted by Crippen LogP contribution is -2.64. The molecule has 9 heteroatoms. The third-order valence-electron chi connectivity index (χ3n) is 4.42. The molecule has 0 bridgehead atoms. The summed E-state index contributed by atoms with van der Waals surface area (Å²) in [5, 5.41) is 1.58. The second kappa shape index (κ2) is 5.07. The van der Waals surface area contributed by atoms with Crippen LogP contribution >= 0.6 is 0 Å². The zero-order valence-electron chi connectivity index (χ0n) is 12.4. The van der Waals surface area contributed by atoms with Gasteiger partial charge in [0.2, 0.25) is 10.0 Å². The van der Waals surface area contributed by atoms with Gasteiger partial charge in [-0.2, -0.15) is 0 Å². The molecule has 2 aliphatic heterocycles. The number of anilines is 1. The topological polar surface area (TPSA) is 84.7 Å². The van der Waals surface area contributed by atoms with Crippen LogP contribution in [0.3, 0.4) is 0 Å². The smallest absolute Gasteiger partial charge is 0.244 e. The molecule has 0 saturated carbocycles. The first-order chi connectivity index (χ1) is 10.7. The number of alkyl halides is 1. The number of ether oxygens (including phenoxy) is 1. The molecule has 2 saturated heterocycles. The lowest BCUT2D eigenvalue weighted by Gasteiger charge is -2.45. The molecule has 0 aromatic heterocycles. The second-order valence-electron chi connectivity index (χ2n) is 5.72. The Kier molecular flexibility index (Phi) is 3.53. The van der Waals surface area contributed by atoms with Crippen LogP contribution in [0.2, 0.25) is 0 Å². The predicted octanol–water partition coefficient (Wildman–Crippen LogP) is 0.676. The number of halogens is 2. The van der Waals surface area contributed by atoms with Crippen molar-refractivity contribution in [2.24, 2.45) is 0 Å². The first-order valence-corrected chi connectivity index (χ1v) is 8.42. The van der Waals surface area contributed by atoms with Gasteiger partial charge in [-0.1, -0.05) is 6.58 Å². The summed E-state index contributed by atoms with van der Waals surface area (Å²) in [5.74, 6) is -0.585. The molecule has 0 amide bonds. The molecule has 126 valence electrons. The Hall–Kier alpha value is -1.87. The number of nitrogens with zero attached hydrogens (tertiary/aromatic N) is 1. The average Bonchev–Trinajstić information content (AvgIpc) is 2.88. The Labute approximate surface area is 133 Å². The molecule has 0 aliphatic carbocycles. The van der Waals surface area contributed by atoms with Crippen molar-refractivity contribution < 1.29 is 21.9 Å². The van der Waals surface area contributed by atoms with E-state index in [1.807, 2.05) is 0 Å². The van der Waals surface area contributed by atoms with Crippen molar-refractivity contribution in [3.8, 4) is 0 Å². The van der Waals surface area contributed by atoms with E-state index in [0.29, 0.717) is 0 Å². The SMILES string of the molecule is C=C1N[C@@]2(c3cc(N)ccc3F)CO[C@H](CF)[C@H]2S(=O)(=O)N1C. The fraction of sp³-hybridized carbons (Fsp3) is 0.429. The summed E-state index contributed by atoms with van der Waals surface area (Å²) in [6.07, 6.45) is -1.20. The van der Waals surface area contributed by atoms with Crippen molar-refractivity contribution in [1.29, 1.82) is 0 Å². The zero-order chi connectivity index (χ0) is 17.0. The van der Waals surface area contributed by atoms with Gasteiger partial charge in [-0.25, -0.2) is 17.2 Å². The number of benzene rings is 1. The summed E-state index contributed by atoms with van der Waals surface area (Å²) >= 11 is 0. The van der Waals surface area contributed by atoms with E-state index in [4.69, 9.17) is 10.5 Å². The molecule has 0 radical (unpaired) electrons. The fourth-order valence-electron chi connectivity index (χ4n) is 3.25. The molecule has 3 atom stereocenters. The predicted molar refractivity (Wildman–Crippen MR) is 81.0 cm³/mol. The molecular formula is C14H17F2N3O3S. The summed E-state index contributed by atoms with van der Waals surface area (Å²) < 4.78 is 59.6. The van der Waals surface area contributed by atoms with Crippen molar-refractivity contribution in [1.82, 2.24) is 9.62 Å². The van der Waals surface area contributed by atoms with Crippen LogP contribution in [0.25, 0.3) is 0 Å². The number of hydrogen-bond acceptors (Lipinski definition) is 5. The van der Waals surface area contributed by atoms with Crippen molar-refractivity contribution in [2.45, 2.75) is 16.9 Å². The highest BCUT2D eigenvalue weighted by Crippen LogP contribution is 2.45. The van der Waals surface area contributed by atoms with Gasteiger partial charge in [0, 0.05) is 18.3 Å². The minimum absolute atomic E-state index is 0.0243. The molecule has 2 aliphatic rings. The number of nitrogens with one attached hydrogen (secondary N) is 1. The number of rotatable bonds is 2. The number of hydrogen-bond donors (Lipinski definition) is 2. The summed E-state index contributed by atoms with van der Waals surface area (Å²) in [5.41, 5.74) is 4.54. The quantitative estimate of drug-likeness (QED) is 0.770. The largest absolute Gasteiger partial charge is 0.399 e. The zero-order valence-corrected chi connectivity index (χ0v) is 13.2. The normalized spacial score (nSPS) is 32.5. The van der Waals surface area contributed by atoms with Gasteiger partial charge in [0.05, 0.1) is 6.61 Å². The third-order valence-corrected chi connectivity index (χ3v) is 6.75. The molecule has 3 rings (SSSR count). The van der Waals surface area contributed by atoms with Crippen LogP contribution in [-0.2, 0) is 20.3 Å². The van der Waals surface area contributed by atoms with Crippen LogP contribution in [0.5, 0.6) is 0 Å². The standard InChI is InChI=1S/C14H17F2N3O3S/c1-8-18-14(10-5-9(17)3-4-11(10)16)7-22-12(6-15)13(14)23(20,21)19(8)2/h3-5,12-13,18H,1,6-7,17H2,2H3/t12-,13-,14-/m1/s1. The van der Waals surface area contributed by atoms with Gasteiger partial charge in [-0.3, -0.25) is 4.31 Å². The molecule has 2 heterocycles. The average molecular weight is 345 g/mol. The highest BCUT2D eigenvalue weighted by molar-refractivity contribution is 7.90. The summed E-state index contributed by atoms with van der Waals surface area (Å²) in [7, 11) is -2.68. The molecule has 1 aromatic carbocycles.